The largest absolute Gasteiger partial charge is 0.462 e. The minimum Gasteiger partial charge on any atom is -0.462 e. The maximum Gasteiger partial charge on any atom is 0.338 e. The molecule has 3 aliphatic carbocycles. The lowest BCUT2D eigenvalue weighted by atomic mass is 9.55. The van der Waals surface area contributed by atoms with Crippen LogP contribution in [0.3, 0.4) is 0 Å². The molecule has 4 aliphatic rings. The molecular weight excluding hydrogens is 514 g/mol. The van der Waals surface area contributed by atoms with Crippen LogP contribution in [0, 0.1) is 25.7 Å². The number of ether oxygens (including phenoxy) is 1. The van der Waals surface area contributed by atoms with Gasteiger partial charge in [0.05, 0.1) is 30.2 Å². The molecule has 0 N–H and O–H groups in total. The van der Waals surface area contributed by atoms with E-state index >= 15 is 0 Å². The summed E-state index contributed by atoms with van der Waals surface area (Å²) in [7, 11) is 0. The summed E-state index contributed by atoms with van der Waals surface area (Å²) in [5.74, 6) is -2.11. The summed E-state index contributed by atoms with van der Waals surface area (Å²) in [6.07, 6.45) is 1.60. The van der Waals surface area contributed by atoms with Crippen molar-refractivity contribution in [2.75, 3.05) is 6.61 Å². The average molecular weight is 544 g/mol. The van der Waals surface area contributed by atoms with E-state index in [4.69, 9.17) is 4.74 Å². The number of hydrogen-bond donors (Lipinski definition) is 0. The fraction of sp³-hybridized carbons (Fsp3) is 0.235. The van der Waals surface area contributed by atoms with Crippen molar-refractivity contribution >= 4 is 24.0 Å². The Morgan fingerprint density at radius 2 is 1.39 bits per heavy atom. The first kappa shape index (κ1) is 25.2. The van der Waals surface area contributed by atoms with Crippen molar-refractivity contribution in [3.8, 4) is 5.69 Å². The molecule has 1 aromatic heterocycles. The van der Waals surface area contributed by atoms with Crippen LogP contribution in [-0.2, 0) is 14.3 Å². The molecule has 204 valence electrons. The molecule has 0 unspecified atom stereocenters. The minimum absolute atomic E-state index is 0.161. The lowest BCUT2D eigenvalue weighted by molar-refractivity contribution is -0.139. The van der Waals surface area contributed by atoms with E-state index in [9.17, 15) is 14.4 Å². The van der Waals surface area contributed by atoms with Crippen molar-refractivity contribution in [1.82, 2.24) is 9.58 Å². The van der Waals surface area contributed by atoms with Gasteiger partial charge in [-0.05, 0) is 67.3 Å². The lowest BCUT2D eigenvalue weighted by Gasteiger charge is -2.45. The average Bonchev–Trinajstić information content (AvgIpc) is 3.42. The van der Waals surface area contributed by atoms with Crippen LogP contribution < -0.4 is 0 Å². The molecule has 1 fully saturated rings. The number of esters is 1. The first-order valence-corrected chi connectivity index (χ1v) is 14.0. The molecule has 8 rings (SSSR count). The lowest BCUT2D eigenvalue weighted by Crippen LogP contribution is -2.41. The number of carbonyl (C=O) groups is 3. The fourth-order valence-corrected chi connectivity index (χ4v) is 7.20. The van der Waals surface area contributed by atoms with E-state index in [2.05, 4.69) is 29.4 Å². The van der Waals surface area contributed by atoms with E-state index in [1.165, 1.54) is 0 Å². The van der Waals surface area contributed by atoms with E-state index in [0.29, 0.717) is 12.2 Å². The summed E-state index contributed by atoms with van der Waals surface area (Å²) in [5, 5.41) is 5.60. The van der Waals surface area contributed by atoms with Gasteiger partial charge in [0.2, 0.25) is 0 Å². The van der Waals surface area contributed by atoms with E-state index in [-0.39, 0.29) is 29.6 Å². The molecule has 3 aromatic carbocycles. The Bertz CT molecular complexity index is 1670. The first-order valence-electron chi connectivity index (χ1n) is 14.0. The molecule has 0 saturated carbocycles. The number of hydrazone groups is 1. The van der Waals surface area contributed by atoms with Gasteiger partial charge in [-0.1, -0.05) is 54.6 Å². The molecule has 2 bridgehead atoms. The van der Waals surface area contributed by atoms with E-state index in [1.54, 1.807) is 25.3 Å². The van der Waals surface area contributed by atoms with Crippen LogP contribution in [0.4, 0.5) is 0 Å². The molecule has 2 heterocycles. The zero-order valence-electron chi connectivity index (χ0n) is 23.1. The van der Waals surface area contributed by atoms with E-state index in [0.717, 1.165) is 49.9 Å². The minimum atomic E-state index is -0.465. The predicted octanol–water partition coefficient (Wildman–Crippen LogP) is 5.50. The number of benzene rings is 3. The van der Waals surface area contributed by atoms with E-state index < -0.39 is 11.8 Å². The summed E-state index contributed by atoms with van der Waals surface area (Å²) in [5.41, 5.74) is 8.43. The van der Waals surface area contributed by atoms with Crippen LogP contribution in [-0.4, -0.2) is 40.2 Å². The van der Waals surface area contributed by atoms with Gasteiger partial charge < -0.3 is 9.30 Å². The highest BCUT2D eigenvalue weighted by Gasteiger charge is 2.61. The summed E-state index contributed by atoms with van der Waals surface area (Å²) in [4.78, 5) is 40.0. The second-order valence-corrected chi connectivity index (χ2v) is 10.9. The third-order valence-electron chi connectivity index (χ3n) is 8.82. The van der Waals surface area contributed by atoms with Crippen LogP contribution in [0.25, 0.3) is 5.69 Å². The molecule has 0 radical (unpaired) electrons. The summed E-state index contributed by atoms with van der Waals surface area (Å²) >= 11 is 0. The fourth-order valence-electron chi connectivity index (χ4n) is 7.20. The SMILES string of the molecule is CCOC(=O)c1cccc(-n2c(C)cc(/C=N\N3C(=O)[C@H]4C5c6ccccc6C(c6ccccc65)[C@@H]4C3=O)c2C)c1. The monoisotopic (exact) mass is 543 g/mol. The summed E-state index contributed by atoms with van der Waals surface area (Å²) in [6, 6.07) is 25.6. The highest BCUT2D eigenvalue weighted by atomic mass is 16.5. The molecule has 2 atom stereocenters. The number of aryl methyl sites for hydroxylation is 1. The highest BCUT2D eigenvalue weighted by molar-refractivity contribution is 6.08. The second kappa shape index (κ2) is 9.41. The van der Waals surface area contributed by atoms with Crippen molar-refractivity contribution < 1.29 is 19.1 Å². The van der Waals surface area contributed by atoms with Crippen LogP contribution in [0.1, 0.15) is 68.3 Å². The topological polar surface area (TPSA) is 81.0 Å². The Balaban J connectivity index is 1.22. The molecule has 0 spiro atoms. The number of hydrogen-bond acceptors (Lipinski definition) is 5. The maximum atomic E-state index is 13.9. The van der Waals surface area contributed by atoms with Gasteiger partial charge in [0, 0.05) is 34.5 Å². The Labute approximate surface area is 238 Å². The number of nitrogens with zero attached hydrogens (tertiary/aromatic N) is 3. The molecule has 7 heteroatoms. The van der Waals surface area contributed by atoms with Gasteiger partial charge in [0.1, 0.15) is 0 Å². The molecule has 2 amide bonds. The summed E-state index contributed by atoms with van der Waals surface area (Å²) < 4.78 is 7.18. The third-order valence-corrected chi connectivity index (χ3v) is 8.82. The molecule has 1 aliphatic heterocycles. The number of carbonyl (C=O) groups excluding carboxylic acids is 3. The van der Waals surface area contributed by atoms with Gasteiger partial charge >= 0.3 is 5.97 Å². The highest BCUT2D eigenvalue weighted by Crippen LogP contribution is 2.60. The standard InChI is InChI=1S/C34H29N3O4/c1-4-41-34(40)21-10-9-11-23(17-21)36-19(2)16-22(20(36)3)18-35-37-32(38)30-28-24-12-5-6-13-25(24)29(31(30)33(37)39)27-15-8-7-14-26(27)28/h5-18,28-31H,4H2,1-3H3/b35-18-/t28?,29?,30-,31-/m0/s1. The van der Waals surface area contributed by atoms with Crippen molar-refractivity contribution in [2.24, 2.45) is 16.9 Å². The van der Waals surface area contributed by atoms with Crippen molar-refractivity contribution in [2.45, 2.75) is 32.6 Å². The van der Waals surface area contributed by atoms with Crippen molar-refractivity contribution in [1.29, 1.82) is 0 Å². The summed E-state index contributed by atoms with van der Waals surface area (Å²) in [6.45, 7) is 6.00. The Kier molecular flexibility index (Phi) is 5.78. The van der Waals surface area contributed by atoms with Gasteiger partial charge in [-0.15, -0.1) is 0 Å². The number of amides is 2. The van der Waals surface area contributed by atoms with Gasteiger partial charge in [-0.3, -0.25) is 9.59 Å². The van der Waals surface area contributed by atoms with Crippen LogP contribution in [0.5, 0.6) is 0 Å². The zero-order chi connectivity index (χ0) is 28.4. The number of aromatic nitrogens is 1. The number of imide groups is 1. The Morgan fingerprint density at radius 1 is 0.829 bits per heavy atom. The molecule has 4 aromatic rings. The van der Waals surface area contributed by atoms with Crippen LogP contribution in [0.15, 0.2) is 84.0 Å². The normalized spacial score (nSPS) is 22.2. The molecule has 1 saturated heterocycles. The maximum absolute atomic E-state index is 13.9. The van der Waals surface area contributed by atoms with Crippen LogP contribution >= 0.6 is 0 Å². The van der Waals surface area contributed by atoms with Gasteiger partial charge in [-0.2, -0.15) is 10.1 Å². The quantitative estimate of drug-likeness (QED) is 0.189. The Morgan fingerprint density at radius 3 is 1.93 bits per heavy atom. The number of rotatable bonds is 5. The molecular formula is C34H29N3O4. The third kappa shape index (κ3) is 3.65. The van der Waals surface area contributed by atoms with Gasteiger partial charge in [0.25, 0.3) is 11.8 Å². The molecule has 41 heavy (non-hydrogen) atoms. The first-order chi connectivity index (χ1) is 19.9. The van der Waals surface area contributed by atoms with Gasteiger partial charge in [0.15, 0.2) is 0 Å². The predicted molar refractivity (Wildman–Crippen MR) is 154 cm³/mol. The second-order valence-electron chi connectivity index (χ2n) is 10.9. The van der Waals surface area contributed by atoms with Gasteiger partial charge in [-0.25, -0.2) is 4.79 Å². The van der Waals surface area contributed by atoms with Crippen molar-refractivity contribution in [3.63, 3.8) is 0 Å². The van der Waals surface area contributed by atoms with E-state index in [1.807, 2.05) is 60.9 Å². The zero-order valence-corrected chi connectivity index (χ0v) is 23.1. The smallest absolute Gasteiger partial charge is 0.338 e. The molecule has 7 nitrogen and oxygen atoms in total. The van der Waals surface area contributed by atoms with Crippen molar-refractivity contribution in [3.05, 3.63) is 124 Å². The van der Waals surface area contributed by atoms with Crippen LogP contribution in [0.2, 0.25) is 0 Å². The Hall–Kier alpha value is -4.78.